The van der Waals surface area contributed by atoms with E-state index in [-0.39, 0.29) is 0 Å². The molecule has 4 heterocycles. The molecule has 0 bridgehead atoms. The lowest BCUT2D eigenvalue weighted by Crippen LogP contribution is -2.04. The summed E-state index contributed by atoms with van der Waals surface area (Å²) in [6, 6.07) is 73.8. The molecule has 318 valence electrons. The SMILES string of the molecule is Cc1ccc2c(c1)c1cc(C)ccc1n2-c1c(-c2cccc(-n3c4ccccc4c4ccccc43)c2)cc(-c2cc(C)nc(C)n2)cc1-c1cccc(-n2c3ccccc3c3ccccc32)c1. The van der Waals surface area contributed by atoms with Gasteiger partial charge < -0.3 is 13.7 Å². The van der Waals surface area contributed by atoms with Crippen LogP contribution in [0.15, 0.2) is 200 Å². The van der Waals surface area contributed by atoms with E-state index >= 15 is 0 Å². The molecule has 0 unspecified atom stereocenters. The van der Waals surface area contributed by atoms with Crippen LogP contribution in [0.5, 0.6) is 0 Å². The average Bonchev–Trinajstić information content (AvgIpc) is 3.98. The second kappa shape index (κ2) is 15.0. The summed E-state index contributed by atoms with van der Waals surface area (Å²) in [6.45, 7) is 8.42. The van der Waals surface area contributed by atoms with Gasteiger partial charge in [-0.05, 0) is 130 Å². The summed E-state index contributed by atoms with van der Waals surface area (Å²) in [6.07, 6.45) is 0. The number of nitrogens with zero attached hydrogens (tertiary/aromatic N) is 5. The van der Waals surface area contributed by atoms with Crippen LogP contribution in [0, 0.1) is 27.7 Å². The van der Waals surface area contributed by atoms with Crippen molar-refractivity contribution >= 4 is 65.4 Å². The van der Waals surface area contributed by atoms with E-state index in [0.717, 1.165) is 73.1 Å². The minimum Gasteiger partial charge on any atom is -0.309 e. The smallest absolute Gasteiger partial charge is 0.126 e. The maximum absolute atomic E-state index is 5.11. The van der Waals surface area contributed by atoms with Crippen LogP contribution < -0.4 is 0 Å². The summed E-state index contributed by atoms with van der Waals surface area (Å²) in [4.78, 5) is 9.83. The Kier molecular flexibility index (Phi) is 8.71. The summed E-state index contributed by atoms with van der Waals surface area (Å²) in [5.74, 6) is 0.747. The molecule has 0 atom stereocenters. The van der Waals surface area contributed by atoms with Crippen LogP contribution in [0.25, 0.3) is 116 Å². The van der Waals surface area contributed by atoms with E-state index < -0.39 is 0 Å². The van der Waals surface area contributed by atoms with Gasteiger partial charge in [-0.3, -0.25) is 0 Å². The Labute approximate surface area is 388 Å². The summed E-state index contributed by atoms with van der Waals surface area (Å²) in [5.41, 5.74) is 20.1. The molecule has 0 N–H and O–H groups in total. The van der Waals surface area contributed by atoms with Gasteiger partial charge in [0.15, 0.2) is 0 Å². The Balaban J connectivity index is 1.17. The number of benzene rings is 9. The fraction of sp³-hybridized carbons (Fsp3) is 0.0645. The zero-order chi connectivity index (χ0) is 44.9. The maximum atomic E-state index is 5.11. The minimum atomic E-state index is 0.747. The second-order valence-electron chi connectivity index (χ2n) is 18.1. The predicted octanol–water partition coefficient (Wildman–Crippen LogP) is 16.0. The molecular weight excluding hydrogens is 815 g/mol. The molecular formula is C62H45N5. The van der Waals surface area contributed by atoms with Crippen LogP contribution >= 0.6 is 0 Å². The maximum Gasteiger partial charge on any atom is 0.126 e. The molecule has 13 aromatic rings. The molecule has 13 rings (SSSR count). The number of fused-ring (bicyclic) bond motifs is 9. The van der Waals surface area contributed by atoms with Gasteiger partial charge in [0.1, 0.15) is 5.82 Å². The molecule has 0 aliphatic carbocycles. The molecule has 0 saturated carbocycles. The zero-order valence-corrected chi connectivity index (χ0v) is 37.8. The van der Waals surface area contributed by atoms with Crippen LogP contribution in [0.4, 0.5) is 0 Å². The van der Waals surface area contributed by atoms with E-state index in [1.165, 1.54) is 65.5 Å². The third kappa shape index (κ3) is 6.15. The summed E-state index contributed by atoms with van der Waals surface area (Å²) in [7, 11) is 0. The molecule has 0 aliphatic heterocycles. The van der Waals surface area contributed by atoms with Gasteiger partial charge in [-0.15, -0.1) is 0 Å². The highest BCUT2D eigenvalue weighted by molar-refractivity contribution is 6.13. The largest absolute Gasteiger partial charge is 0.309 e. The van der Waals surface area contributed by atoms with Crippen molar-refractivity contribution in [1.29, 1.82) is 0 Å². The van der Waals surface area contributed by atoms with Crippen molar-refractivity contribution < 1.29 is 0 Å². The van der Waals surface area contributed by atoms with Gasteiger partial charge in [0.2, 0.25) is 0 Å². The van der Waals surface area contributed by atoms with Gasteiger partial charge in [-0.2, -0.15) is 0 Å². The van der Waals surface area contributed by atoms with E-state index in [4.69, 9.17) is 9.97 Å². The fourth-order valence-corrected chi connectivity index (χ4v) is 10.8. The first-order chi connectivity index (χ1) is 32.9. The van der Waals surface area contributed by atoms with Crippen molar-refractivity contribution in [1.82, 2.24) is 23.7 Å². The summed E-state index contributed by atoms with van der Waals surface area (Å²) < 4.78 is 7.35. The molecule has 9 aromatic carbocycles. The lowest BCUT2D eigenvalue weighted by molar-refractivity contribution is 1.02. The topological polar surface area (TPSA) is 40.6 Å². The van der Waals surface area contributed by atoms with Crippen molar-refractivity contribution in [2.75, 3.05) is 0 Å². The number of hydrogen-bond donors (Lipinski definition) is 0. The van der Waals surface area contributed by atoms with Gasteiger partial charge in [-0.1, -0.05) is 120 Å². The van der Waals surface area contributed by atoms with Crippen LogP contribution in [0.3, 0.4) is 0 Å². The third-order valence-electron chi connectivity index (χ3n) is 13.7. The van der Waals surface area contributed by atoms with Gasteiger partial charge in [0.05, 0.1) is 44.5 Å². The van der Waals surface area contributed by atoms with E-state index in [0.29, 0.717) is 0 Å². The first kappa shape index (κ1) is 38.9. The highest BCUT2D eigenvalue weighted by Crippen LogP contribution is 2.45. The monoisotopic (exact) mass is 859 g/mol. The van der Waals surface area contributed by atoms with Crippen molar-refractivity contribution in [2.24, 2.45) is 0 Å². The Morgan fingerprint density at radius 3 is 1.16 bits per heavy atom. The molecule has 67 heavy (non-hydrogen) atoms. The van der Waals surface area contributed by atoms with Gasteiger partial charge >= 0.3 is 0 Å². The molecule has 5 heteroatoms. The van der Waals surface area contributed by atoms with E-state index in [2.05, 4.69) is 235 Å². The average molecular weight is 860 g/mol. The number of rotatable bonds is 6. The molecule has 0 aliphatic rings. The van der Waals surface area contributed by atoms with Crippen LogP contribution in [-0.2, 0) is 0 Å². The van der Waals surface area contributed by atoms with Gasteiger partial charge in [-0.25, -0.2) is 9.97 Å². The Morgan fingerprint density at radius 1 is 0.313 bits per heavy atom. The van der Waals surface area contributed by atoms with Crippen LogP contribution in [-0.4, -0.2) is 23.7 Å². The van der Waals surface area contributed by atoms with Crippen molar-refractivity contribution in [3.05, 3.63) is 223 Å². The van der Waals surface area contributed by atoms with Crippen LogP contribution in [0.2, 0.25) is 0 Å². The number of aryl methyl sites for hydroxylation is 4. The molecule has 0 radical (unpaired) electrons. The number of para-hydroxylation sites is 4. The molecule has 0 fully saturated rings. The lowest BCUT2D eigenvalue weighted by atomic mass is 9.91. The lowest BCUT2D eigenvalue weighted by Gasteiger charge is -2.22. The molecule has 0 spiro atoms. The Hall–Kier alpha value is -8.54. The predicted molar refractivity (Wildman–Crippen MR) is 280 cm³/mol. The summed E-state index contributed by atoms with van der Waals surface area (Å²) >= 11 is 0. The standard InChI is InChI=1S/C62H45N5/c1-38-27-29-60-53(31-38)54-32-39(2)28-30-61(54)67(60)62-51(42-15-13-17-45(34-42)65-56-23-9-5-19-47(56)48-20-6-10-24-57(48)65)36-44(55-33-40(3)63-41(4)64-55)37-52(62)43-16-14-18-46(35-43)66-58-25-11-7-21-49(58)50-22-8-12-26-59(50)66/h5-37H,1-4H3. The Bertz CT molecular complexity index is 3800. The fourth-order valence-electron chi connectivity index (χ4n) is 10.8. The molecule has 0 amide bonds. The normalized spacial score (nSPS) is 11.9. The first-order valence-corrected chi connectivity index (χ1v) is 23.1. The Morgan fingerprint density at radius 2 is 0.731 bits per heavy atom. The summed E-state index contributed by atoms with van der Waals surface area (Å²) in [5, 5.41) is 7.42. The highest BCUT2D eigenvalue weighted by Gasteiger charge is 2.24. The van der Waals surface area contributed by atoms with Crippen molar-refractivity contribution in [2.45, 2.75) is 27.7 Å². The zero-order valence-electron chi connectivity index (χ0n) is 37.8. The van der Waals surface area contributed by atoms with E-state index in [1.54, 1.807) is 0 Å². The van der Waals surface area contributed by atoms with Crippen molar-refractivity contribution in [3.63, 3.8) is 0 Å². The minimum absolute atomic E-state index is 0.747. The number of aromatic nitrogens is 5. The van der Waals surface area contributed by atoms with Crippen LogP contribution in [0.1, 0.15) is 22.6 Å². The first-order valence-electron chi connectivity index (χ1n) is 23.1. The van der Waals surface area contributed by atoms with Gasteiger partial charge in [0, 0.05) is 66.1 Å². The highest BCUT2D eigenvalue weighted by atomic mass is 15.0. The number of hydrogen-bond acceptors (Lipinski definition) is 2. The molecule has 4 aromatic heterocycles. The van der Waals surface area contributed by atoms with E-state index in [9.17, 15) is 0 Å². The quantitative estimate of drug-likeness (QED) is 0.167. The molecule has 0 saturated heterocycles. The molecule has 5 nitrogen and oxygen atoms in total. The third-order valence-corrected chi connectivity index (χ3v) is 13.7. The van der Waals surface area contributed by atoms with Gasteiger partial charge in [0.25, 0.3) is 0 Å². The second-order valence-corrected chi connectivity index (χ2v) is 18.1. The van der Waals surface area contributed by atoms with E-state index in [1.807, 2.05) is 6.92 Å². The van der Waals surface area contributed by atoms with Crippen molar-refractivity contribution in [3.8, 4) is 50.6 Å².